The molecule has 0 atom stereocenters. The summed E-state index contributed by atoms with van der Waals surface area (Å²) < 4.78 is 0. The van der Waals surface area contributed by atoms with Crippen LogP contribution in [0.15, 0.2) is 0 Å². The maximum Gasteiger partial charge on any atom is 0.322 e. The highest BCUT2D eigenvalue weighted by Gasteiger charge is 2.16. The fourth-order valence-corrected chi connectivity index (χ4v) is 0.986. The van der Waals surface area contributed by atoms with Gasteiger partial charge in [0.05, 0.1) is 0 Å². The van der Waals surface area contributed by atoms with Gasteiger partial charge in [0, 0.05) is 12.6 Å². The third kappa shape index (κ3) is 9.31. The molecule has 0 aromatic rings. The largest absolute Gasteiger partial charge is 0.354 e. The minimum Gasteiger partial charge on any atom is -0.354 e. The number of nitrogens with two attached hydrogens (primary N) is 1. The topological polar surface area (TPSA) is 104 Å². The van der Waals surface area contributed by atoms with Gasteiger partial charge in [0.2, 0.25) is 0 Å². The molecule has 0 spiro atoms. The first-order valence-corrected chi connectivity index (χ1v) is 5.39. The van der Waals surface area contributed by atoms with Crippen molar-refractivity contribution in [2.75, 3.05) is 20.1 Å². The summed E-state index contributed by atoms with van der Waals surface area (Å²) in [5, 5.41) is 8.71. The second kappa shape index (κ2) is 6.85. The molecule has 0 aromatic carbocycles. The Labute approximate surface area is 101 Å². The minimum absolute atomic E-state index is 0.0327. The molecule has 7 nitrogen and oxygen atoms in total. The van der Waals surface area contributed by atoms with Crippen molar-refractivity contribution in [1.82, 2.24) is 16.0 Å². The Hall–Kier alpha value is -1.63. The number of hydrogen-bond donors (Lipinski definition) is 4. The number of carbonyl (C=O) groups is 3. The number of amides is 4. The van der Waals surface area contributed by atoms with Gasteiger partial charge in [-0.1, -0.05) is 0 Å². The van der Waals surface area contributed by atoms with Crippen molar-refractivity contribution in [1.29, 1.82) is 0 Å². The van der Waals surface area contributed by atoms with Crippen molar-refractivity contribution in [2.24, 2.45) is 0 Å². The Morgan fingerprint density at radius 3 is 2.06 bits per heavy atom. The zero-order valence-corrected chi connectivity index (χ0v) is 10.7. The van der Waals surface area contributed by atoms with E-state index in [0.29, 0.717) is 0 Å². The van der Waals surface area contributed by atoms with Gasteiger partial charge in [0.25, 0.3) is 11.8 Å². The van der Waals surface area contributed by atoms with Crippen molar-refractivity contribution >= 4 is 17.8 Å². The maximum absolute atomic E-state index is 11.3. The highest BCUT2D eigenvalue weighted by atomic mass is 16.2. The van der Waals surface area contributed by atoms with Crippen LogP contribution in [-0.4, -0.2) is 43.5 Å². The first-order valence-electron chi connectivity index (χ1n) is 5.39. The quantitative estimate of drug-likeness (QED) is 0.457. The molecule has 0 aliphatic carbocycles. The molecule has 4 amide bonds. The highest BCUT2D eigenvalue weighted by Crippen LogP contribution is 1.96. The molecule has 0 aliphatic rings. The van der Waals surface area contributed by atoms with Gasteiger partial charge in [-0.15, -0.1) is 0 Å². The first kappa shape index (κ1) is 15.4. The van der Waals surface area contributed by atoms with Gasteiger partial charge in [0.1, 0.15) is 0 Å². The zero-order chi connectivity index (χ0) is 13.5. The molecule has 17 heavy (non-hydrogen) atoms. The van der Waals surface area contributed by atoms with Crippen molar-refractivity contribution < 1.29 is 19.7 Å². The lowest BCUT2D eigenvalue weighted by Crippen LogP contribution is -2.88. The van der Waals surface area contributed by atoms with Crippen LogP contribution in [0.2, 0.25) is 0 Å². The van der Waals surface area contributed by atoms with Crippen LogP contribution in [0.25, 0.3) is 0 Å². The van der Waals surface area contributed by atoms with Crippen LogP contribution >= 0.6 is 0 Å². The van der Waals surface area contributed by atoms with E-state index >= 15 is 0 Å². The fourth-order valence-electron chi connectivity index (χ4n) is 0.986. The van der Waals surface area contributed by atoms with E-state index in [9.17, 15) is 14.4 Å². The fraction of sp³-hybridized carbons (Fsp3) is 0.700. The van der Waals surface area contributed by atoms with Crippen LogP contribution in [0.5, 0.6) is 0 Å². The van der Waals surface area contributed by atoms with E-state index in [1.54, 1.807) is 0 Å². The van der Waals surface area contributed by atoms with Crippen LogP contribution in [0, 0.1) is 0 Å². The Morgan fingerprint density at radius 2 is 1.59 bits per heavy atom. The monoisotopic (exact) mass is 245 g/mol. The van der Waals surface area contributed by atoms with E-state index in [4.69, 9.17) is 0 Å². The first-order chi connectivity index (χ1) is 7.74. The van der Waals surface area contributed by atoms with Gasteiger partial charge in [-0.2, -0.15) is 0 Å². The SMILES string of the molecule is CNC(=O)C[NH2+]CC(=O)NC(=O)NC(C)(C)C. The van der Waals surface area contributed by atoms with E-state index < -0.39 is 17.5 Å². The number of nitrogens with one attached hydrogen (secondary N) is 3. The molecule has 0 saturated carbocycles. The highest BCUT2D eigenvalue weighted by molar-refractivity contribution is 5.95. The normalized spacial score (nSPS) is 10.6. The number of likely N-dealkylation sites (N-methyl/N-ethyl adjacent to an activating group) is 1. The van der Waals surface area contributed by atoms with E-state index in [1.165, 1.54) is 12.4 Å². The zero-order valence-electron chi connectivity index (χ0n) is 10.7. The molecule has 0 aromatic heterocycles. The van der Waals surface area contributed by atoms with E-state index in [0.717, 1.165) is 0 Å². The lowest BCUT2D eigenvalue weighted by molar-refractivity contribution is -0.632. The number of quaternary nitrogens is 1. The van der Waals surface area contributed by atoms with Crippen molar-refractivity contribution in [3.05, 3.63) is 0 Å². The molecule has 0 heterocycles. The van der Waals surface area contributed by atoms with Gasteiger partial charge >= 0.3 is 6.03 Å². The summed E-state index contributed by atoms with van der Waals surface area (Å²) in [6.45, 7) is 5.63. The molecule has 0 fully saturated rings. The van der Waals surface area contributed by atoms with Crippen LogP contribution < -0.4 is 21.3 Å². The predicted octanol–water partition coefficient (Wildman–Crippen LogP) is -2.08. The third-order valence-corrected chi connectivity index (χ3v) is 1.68. The maximum atomic E-state index is 11.3. The lowest BCUT2D eigenvalue weighted by atomic mass is 10.1. The van der Waals surface area contributed by atoms with Gasteiger partial charge < -0.3 is 16.0 Å². The molecule has 98 valence electrons. The molecular weight excluding hydrogens is 224 g/mol. The summed E-state index contributed by atoms with van der Waals surface area (Å²) in [4.78, 5) is 33.4. The van der Waals surface area contributed by atoms with Crippen molar-refractivity contribution in [2.45, 2.75) is 26.3 Å². The molecule has 0 aliphatic heterocycles. The molecule has 0 radical (unpaired) electrons. The summed E-state index contributed by atoms with van der Waals surface area (Å²) in [7, 11) is 1.52. The molecule has 0 saturated heterocycles. The molecule has 0 rings (SSSR count). The smallest absolute Gasteiger partial charge is 0.322 e. The Kier molecular flexibility index (Phi) is 6.19. The second-order valence-electron chi connectivity index (χ2n) is 4.62. The summed E-state index contributed by atoms with van der Waals surface area (Å²) in [6, 6.07) is -0.532. The third-order valence-electron chi connectivity index (χ3n) is 1.68. The average molecular weight is 245 g/mol. The Balaban J connectivity index is 3.79. The summed E-state index contributed by atoms with van der Waals surface area (Å²) in [5.74, 6) is -0.604. The summed E-state index contributed by atoms with van der Waals surface area (Å²) in [6.07, 6.45) is 0. The molecule has 7 heteroatoms. The lowest BCUT2D eigenvalue weighted by Gasteiger charge is -2.20. The van der Waals surface area contributed by atoms with Gasteiger partial charge in [-0.25, -0.2) is 4.79 Å². The predicted molar refractivity (Wildman–Crippen MR) is 62.2 cm³/mol. The van der Waals surface area contributed by atoms with E-state index in [2.05, 4.69) is 16.0 Å². The summed E-state index contributed by atoms with van der Waals surface area (Å²) in [5.41, 5.74) is -0.393. The van der Waals surface area contributed by atoms with Gasteiger partial charge in [-0.3, -0.25) is 14.9 Å². The van der Waals surface area contributed by atoms with Crippen LogP contribution in [0.1, 0.15) is 20.8 Å². The molecule has 5 N–H and O–H groups in total. The summed E-state index contributed by atoms with van der Waals surface area (Å²) >= 11 is 0. The van der Waals surface area contributed by atoms with E-state index in [-0.39, 0.29) is 19.0 Å². The van der Waals surface area contributed by atoms with Gasteiger partial charge in [0.15, 0.2) is 13.1 Å². The Morgan fingerprint density at radius 1 is 1.06 bits per heavy atom. The Bertz CT molecular complexity index is 296. The number of carbonyl (C=O) groups excluding carboxylic acids is 3. The number of urea groups is 1. The van der Waals surface area contributed by atoms with Crippen LogP contribution in [-0.2, 0) is 9.59 Å². The number of imide groups is 1. The number of rotatable bonds is 4. The van der Waals surface area contributed by atoms with Crippen LogP contribution in [0.3, 0.4) is 0 Å². The average Bonchev–Trinajstić information content (AvgIpc) is 2.13. The van der Waals surface area contributed by atoms with Crippen molar-refractivity contribution in [3.8, 4) is 0 Å². The van der Waals surface area contributed by atoms with Crippen LogP contribution in [0.4, 0.5) is 4.79 Å². The molecular formula is C10H21N4O3+. The van der Waals surface area contributed by atoms with Crippen molar-refractivity contribution in [3.63, 3.8) is 0 Å². The van der Waals surface area contributed by atoms with E-state index in [1.807, 2.05) is 20.8 Å². The minimum atomic E-state index is -0.532. The second-order valence-corrected chi connectivity index (χ2v) is 4.62. The molecule has 0 bridgehead atoms. The number of hydrogen-bond acceptors (Lipinski definition) is 3. The standard InChI is InChI=1S/C10H20N4O3/c1-10(2,3)14-9(17)13-8(16)6-12-5-7(15)11-4/h12H,5-6H2,1-4H3,(H,11,15)(H2,13,14,16,17)/p+1. The molecule has 0 unspecified atom stereocenters. The van der Waals surface area contributed by atoms with Gasteiger partial charge in [-0.05, 0) is 20.8 Å².